The molecule has 7 heteroatoms. The third kappa shape index (κ3) is 3.86. The van der Waals surface area contributed by atoms with E-state index in [1.807, 2.05) is 9.36 Å². The van der Waals surface area contributed by atoms with Gasteiger partial charge in [-0.05, 0) is 18.9 Å². The van der Waals surface area contributed by atoms with Gasteiger partial charge in [0.1, 0.15) is 30.8 Å². The molecule has 7 nitrogen and oxygen atoms in total. The third-order valence-electron chi connectivity index (χ3n) is 2.93. The second kappa shape index (κ2) is 7.14. The Balaban J connectivity index is 2.03. The zero-order valence-corrected chi connectivity index (χ0v) is 12.5. The highest BCUT2D eigenvalue weighted by Gasteiger charge is 2.10. The lowest BCUT2D eigenvalue weighted by Crippen LogP contribution is -2.20. The molecule has 2 aromatic heterocycles. The summed E-state index contributed by atoms with van der Waals surface area (Å²) in [5.74, 6) is 2.38. The lowest BCUT2D eigenvalue weighted by molar-refractivity contribution is 0.452. The van der Waals surface area contributed by atoms with Gasteiger partial charge in [0.2, 0.25) is 0 Å². The van der Waals surface area contributed by atoms with Crippen molar-refractivity contribution in [1.29, 1.82) is 0 Å². The minimum atomic E-state index is 0.539. The zero-order chi connectivity index (χ0) is 14.4. The standard InChI is InChI=1S/C13H23N7/c1-4-5-14-6-12-15-9-18-20(12)8-13-16-10-17-19(13)7-11(2)3/h9-11,14H,4-8H2,1-3H3. The van der Waals surface area contributed by atoms with Crippen molar-refractivity contribution < 1.29 is 0 Å². The number of nitrogens with zero attached hydrogens (tertiary/aromatic N) is 6. The fourth-order valence-corrected chi connectivity index (χ4v) is 1.98. The van der Waals surface area contributed by atoms with E-state index in [9.17, 15) is 0 Å². The molecule has 0 aliphatic heterocycles. The molecule has 0 fully saturated rings. The van der Waals surface area contributed by atoms with Gasteiger partial charge in [-0.3, -0.25) is 0 Å². The summed E-state index contributed by atoms with van der Waals surface area (Å²) in [5, 5.41) is 11.9. The first-order valence-corrected chi connectivity index (χ1v) is 7.14. The molecule has 0 saturated heterocycles. The van der Waals surface area contributed by atoms with Crippen LogP contribution in [0.4, 0.5) is 0 Å². The molecule has 2 rings (SSSR count). The molecule has 0 saturated carbocycles. The summed E-state index contributed by atoms with van der Waals surface area (Å²) >= 11 is 0. The Morgan fingerprint density at radius 3 is 2.50 bits per heavy atom. The van der Waals surface area contributed by atoms with Gasteiger partial charge in [0, 0.05) is 6.54 Å². The van der Waals surface area contributed by atoms with Crippen molar-refractivity contribution in [3.8, 4) is 0 Å². The summed E-state index contributed by atoms with van der Waals surface area (Å²) in [5.41, 5.74) is 0. The second-order valence-corrected chi connectivity index (χ2v) is 5.26. The Bertz CT molecular complexity index is 514. The van der Waals surface area contributed by atoms with Crippen LogP contribution in [-0.4, -0.2) is 36.1 Å². The molecular formula is C13H23N7. The van der Waals surface area contributed by atoms with E-state index in [2.05, 4.69) is 46.3 Å². The van der Waals surface area contributed by atoms with Crippen LogP contribution in [0, 0.1) is 5.92 Å². The molecule has 0 aromatic carbocycles. The molecule has 1 N–H and O–H groups in total. The number of rotatable bonds is 8. The normalized spacial score (nSPS) is 11.4. The van der Waals surface area contributed by atoms with Crippen LogP contribution in [0.3, 0.4) is 0 Å². The van der Waals surface area contributed by atoms with E-state index < -0.39 is 0 Å². The highest BCUT2D eigenvalue weighted by molar-refractivity contribution is 4.91. The summed E-state index contributed by atoms with van der Waals surface area (Å²) in [6.07, 6.45) is 4.30. The van der Waals surface area contributed by atoms with E-state index in [0.717, 1.165) is 37.7 Å². The Hall–Kier alpha value is -1.76. The number of aromatic nitrogens is 6. The van der Waals surface area contributed by atoms with Crippen molar-refractivity contribution in [1.82, 2.24) is 34.8 Å². The van der Waals surface area contributed by atoms with Crippen molar-refractivity contribution in [2.24, 2.45) is 5.92 Å². The fraction of sp³-hybridized carbons (Fsp3) is 0.692. The number of hydrogen-bond donors (Lipinski definition) is 1. The van der Waals surface area contributed by atoms with Crippen molar-refractivity contribution in [2.45, 2.75) is 46.8 Å². The average molecular weight is 277 g/mol. The summed E-state index contributed by atoms with van der Waals surface area (Å²) < 4.78 is 3.82. The molecule has 0 aliphatic rings. The second-order valence-electron chi connectivity index (χ2n) is 5.26. The van der Waals surface area contributed by atoms with Gasteiger partial charge in [-0.1, -0.05) is 20.8 Å². The van der Waals surface area contributed by atoms with E-state index in [4.69, 9.17) is 0 Å². The molecule has 0 unspecified atom stereocenters. The highest BCUT2D eigenvalue weighted by atomic mass is 15.4. The Labute approximate surface area is 119 Å². The van der Waals surface area contributed by atoms with Crippen molar-refractivity contribution >= 4 is 0 Å². The first kappa shape index (κ1) is 14.6. The van der Waals surface area contributed by atoms with Crippen LogP contribution < -0.4 is 5.32 Å². The summed E-state index contributed by atoms with van der Waals surface area (Å²) in [6.45, 7) is 9.67. The van der Waals surface area contributed by atoms with Gasteiger partial charge in [-0.15, -0.1) is 0 Å². The molecule has 0 bridgehead atoms. The van der Waals surface area contributed by atoms with Crippen LogP contribution in [0.5, 0.6) is 0 Å². The maximum atomic E-state index is 4.32. The van der Waals surface area contributed by atoms with Crippen LogP contribution in [0.15, 0.2) is 12.7 Å². The molecule has 0 amide bonds. The van der Waals surface area contributed by atoms with Gasteiger partial charge in [0.15, 0.2) is 0 Å². The van der Waals surface area contributed by atoms with Gasteiger partial charge in [0.25, 0.3) is 0 Å². The maximum Gasteiger partial charge on any atom is 0.148 e. The number of hydrogen-bond acceptors (Lipinski definition) is 5. The predicted molar refractivity (Wildman–Crippen MR) is 76.0 cm³/mol. The maximum absolute atomic E-state index is 4.32. The zero-order valence-electron chi connectivity index (χ0n) is 12.5. The van der Waals surface area contributed by atoms with Gasteiger partial charge in [0.05, 0.1) is 6.54 Å². The summed E-state index contributed by atoms with van der Waals surface area (Å²) in [4.78, 5) is 8.62. The Morgan fingerprint density at radius 1 is 1.10 bits per heavy atom. The molecule has 20 heavy (non-hydrogen) atoms. The van der Waals surface area contributed by atoms with Gasteiger partial charge < -0.3 is 5.32 Å². The minimum Gasteiger partial charge on any atom is -0.310 e. The van der Waals surface area contributed by atoms with Gasteiger partial charge in [-0.2, -0.15) is 10.2 Å². The third-order valence-corrected chi connectivity index (χ3v) is 2.93. The van der Waals surface area contributed by atoms with Crippen LogP contribution in [0.1, 0.15) is 38.8 Å². The lowest BCUT2D eigenvalue weighted by Gasteiger charge is -2.10. The molecule has 2 heterocycles. The topological polar surface area (TPSA) is 73.5 Å². The molecule has 0 spiro atoms. The van der Waals surface area contributed by atoms with Gasteiger partial charge in [-0.25, -0.2) is 19.3 Å². The van der Waals surface area contributed by atoms with Crippen molar-refractivity contribution in [3.63, 3.8) is 0 Å². The largest absolute Gasteiger partial charge is 0.310 e. The predicted octanol–water partition coefficient (Wildman–Crippen LogP) is 1.07. The fourth-order valence-electron chi connectivity index (χ4n) is 1.98. The Morgan fingerprint density at radius 2 is 1.80 bits per heavy atom. The number of nitrogens with one attached hydrogen (secondary N) is 1. The van der Waals surface area contributed by atoms with Crippen LogP contribution in [-0.2, 0) is 19.6 Å². The SMILES string of the molecule is CCCNCc1ncnn1Cc1ncnn1CC(C)C. The monoisotopic (exact) mass is 277 g/mol. The van der Waals surface area contributed by atoms with Crippen molar-refractivity contribution in [3.05, 3.63) is 24.3 Å². The average Bonchev–Trinajstić information content (AvgIpc) is 3.01. The van der Waals surface area contributed by atoms with E-state index >= 15 is 0 Å². The minimum absolute atomic E-state index is 0.539. The van der Waals surface area contributed by atoms with Crippen LogP contribution in [0.25, 0.3) is 0 Å². The first-order chi connectivity index (χ1) is 9.70. The van der Waals surface area contributed by atoms with Crippen LogP contribution >= 0.6 is 0 Å². The van der Waals surface area contributed by atoms with E-state index in [1.54, 1.807) is 12.7 Å². The highest BCUT2D eigenvalue weighted by Crippen LogP contribution is 2.04. The van der Waals surface area contributed by atoms with E-state index in [1.165, 1.54) is 0 Å². The molecule has 0 radical (unpaired) electrons. The van der Waals surface area contributed by atoms with E-state index in [-0.39, 0.29) is 0 Å². The summed E-state index contributed by atoms with van der Waals surface area (Å²) in [7, 11) is 0. The quantitative estimate of drug-likeness (QED) is 0.731. The lowest BCUT2D eigenvalue weighted by atomic mass is 10.2. The van der Waals surface area contributed by atoms with Crippen molar-refractivity contribution in [2.75, 3.05) is 6.54 Å². The molecule has 0 aliphatic carbocycles. The molecule has 110 valence electrons. The first-order valence-electron chi connectivity index (χ1n) is 7.14. The summed E-state index contributed by atoms with van der Waals surface area (Å²) in [6, 6.07) is 0. The Kier molecular flexibility index (Phi) is 5.23. The molecular weight excluding hydrogens is 254 g/mol. The smallest absolute Gasteiger partial charge is 0.148 e. The van der Waals surface area contributed by atoms with Crippen LogP contribution in [0.2, 0.25) is 0 Å². The van der Waals surface area contributed by atoms with Gasteiger partial charge >= 0.3 is 0 Å². The molecule has 2 aromatic rings. The molecule has 0 atom stereocenters. The van der Waals surface area contributed by atoms with E-state index in [0.29, 0.717) is 12.5 Å².